The number of nitrogens with two attached hydrogens (primary N) is 1. The van der Waals surface area contributed by atoms with E-state index in [2.05, 4.69) is 10.3 Å². The smallest absolute Gasteiger partial charge is 0.251 e. The molecule has 4 aromatic carbocycles. The van der Waals surface area contributed by atoms with E-state index in [0.717, 1.165) is 27.2 Å². The van der Waals surface area contributed by atoms with E-state index in [1.165, 1.54) is 4.90 Å². The van der Waals surface area contributed by atoms with E-state index in [9.17, 15) is 9.59 Å². The monoisotopic (exact) mass is 488 g/mol. The zero-order valence-electron chi connectivity index (χ0n) is 20.5. The number of nitrogens with zero attached hydrogens (tertiary/aromatic N) is 2. The number of pyridine rings is 1. The Kier molecular flexibility index (Phi) is 6.92. The van der Waals surface area contributed by atoms with Gasteiger partial charge in [-0.25, -0.2) is 0 Å². The van der Waals surface area contributed by atoms with Crippen molar-refractivity contribution >= 4 is 39.2 Å². The summed E-state index contributed by atoms with van der Waals surface area (Å²) in [6.45, 7) is 0. The largest absolute Gasteiger partial charge is 0.328 e. The molecule has 2 atom stereocenters. The van der Waals surface area contributed by atoms with E-state index in [1.807, 2.05) is 103 Å². The first kappa shape index (κ1) is 24.2. The van der Waals surface area contributed by atoms with E-state index in [4.69, 9.17) is 5.73 Å². The van der Waals surface area contributed by atoms with E-state index in [0.29, 0.717) is 17.7 Å². The molecular weight excluding hydrogens is 460 g/mol. The molecule has 0 fully saturated rings. The van der Waals surface area contributed by atoms with Crippen LogP contribution in [0.5, 0.6) is 0 Å². The molecule has 2 amide bonds. The van der Waals surface area contributed by atoms with Crippen LogP contribution in [0.2, 0.25) is 0 Å². The number of amides is 2. The molecule has 0 saturated heterocycles. The van der Waals surface area contributed by atoms with Crippen molar-refractivity contribution in [2.75, 3.05) is 12.4 Å². The zero-order valence-corrected chi connectivity index (χ0v) is 20.5. The van der Waals surface area contributed by atoms with Gasteiger partial charge in [-0.05, 0) is 47.0 Å². The van der Waals surface area contributed by atoms with Crippen LogP contribution in [-0.2, 0) is 16.0 Å². The molecule has 0 aliphatic carbocycles. The maximum Gasteiger partial charge on any atom is 0.251 e. The highest BCUT2D eigenvalue weighted by molar-refractivity contribution is 6.00. The fourth-order valence-corrected chi connectivity index (χ4v) is 4.61. The Labute approximate surface area is 215 Å². The predicted molar refractivity (Wildman–Crippen MR) is 148 cm³/mol. The van der Waals surface area contributed by atoms with Crippen molar-refractivity contribution in [2.45, 2.75) is 18.5 Å². The van der Waals surface area contributed by atoms with Gasteiger partial charge in [0.1, 0.15) is 6.04 Å². The normalized spacial score (nSPS) is 12.7. The highest BCUT2D eigenvalue weighted by Crippen LogP contribution is 2.26. The number of para-hydroxylation sites is 1. The third kappa shape index (κ3) is 5.34. The van der Waals surface area contributed by atoms with Crippen molar-refractivity contribution in [1.82, 2.24) is 9.88 Å². The molecule has 3 N–H and O–H groups in total. The molecule has 0 aliphatic heterocycles. The van der Waals surface area contributed by atoms with Crippen LogP contribution in [0.3, 0.4) is 0 Å². The molecule has 0 radical (unpaired) electrons. The van der Waals surface area contributed by atoms with Gasteiger partial charge in [-0.3, -0.25) is 14.6 Å². The molecule has 1 aromatic heterocycles. The summed E-state index contributed by atoms with van der Waals surface area (Å²) < 4.78 is 0. The molecule has 37 heavy (non-hydrogen) atoms. The van der Waals surface area contributed by atoms with Crippen LogP contribution in [0.25, 0.3) is 21.7 Å². The summed E-state index contributed by atoms with van der Waals surface area (Å²) in [5, 5.41) is 5.98. The van der Waals surface area contributed by atoms with Crippen molar-refractivity contribution in [2.24, 2.45) is 5.73 Å². The van der Waals surface area contributed by atoms with E-state index in [1.54, 1.807) is 13.2 Å². The zero-order chi connectivity index (χ0) is 25.8. The third-order valence-electron chi connectivity index (χ3n) is 6.54. The van der Waals surface area contributed by atoms with Crippen LogP contribution in [0.15, 0.2) is 109 Å². The van der Waals surface area contributed by atoms with Gasteiger partial charge in [-0.1, -0.05) is 78.9 Å². The molecule has 184 valence electrons. The van der Waals surface area contributed by atoms with Gasteiger partial charge in [0, 0.05) is 29.9 Å². The van der Waals surface area contributed by atoms with Gasteiger partial charge in [-0.2, -0.15) is 0 Å². The summed E-state index contributed by atoms with van der Waals surface area (Å²) in [6, 6.07) is 31.2. The molecule has 5 rings (SSSR count). The Balaban J connectivity index is 1.46. The van der Waals surface area contributed by atoms with Crippen molar-refractivity contribution in [3.8, 4) is 0 Å². The lowest BCUT2D eigenvalue weighted by Crippen LogP contribution is -2.47. The van der Waals surface area contributed by atoms with Gasteiger partial charge in [0.2, 0.25) is 5.91 Å². The molecule has 0 unspecified atom stereocenters. The van der Waals surface area contributed by atoms with E-state index in [-0.39, 0.29) is 11.8 Å². The van der Waals surface area contributed by atoms with E-state index >= 15 is 0 Å². The van der Waals surface area contributed by atoms with Crippen molar-refractivity contribution < 1.29 is 9.59 Å². The number of likely N-dealkylation sites (N-methyl/N-ethyl adjacent to an activating group) is 1. The standard InChI is InChI=1S/C31H28N4O2/c1-35(31(37)27(32)17-21-9-3-2-4-10-21)29(25-18-24-13-7-8-14-28(24)33-20-25)30(36)34-26-16-15-22-11-5-6-12-23(22)19-26/h2-16,18-20,27,29H,17,32H2,1H3,(H,34,36)/t27-,29-/m0/s1. The van der Waals surface area contributed by atoms with Crippen LogP contribution < -0.4 is 11.1 Å². The number of nitrogens with one attached hydrogen (secondary N) is 1. The quantitative estimate of drug-likeness (QED) is 0.334. The second-order valence-electron chi connectivity index (χ2n) is 9.16. The van der Waals surface area contributed by atoms with Crippen LogP contribution in [0, 0.1) is 0 Å². The Hall–Kier alpha value is -4.55. The topological polar surface area (TPSA) is 88.3 Å². The number of anilines is 1. The van der Waals surface area contributed by atoms with Gasteiger partial charge < -0.3 is 16.0 Å². The summed E-state index contributed by atoms with van der Waals surface area (Å²) >= 11 is 0. The minimum atomic E-state index is -0.919. The van der Waals surface area contributed by atoms with Crippen LogP contribution >= 0.6 is 0 Å². The predicted octanol–water partition coefficient (Wildman–Crippen LogP) is 5.10. The minimum Gasteiger partial charge on any atom is -0.328 e. The molecular formula is C31H28N4O2. The van der Waals surface area contributed by atoms with Crippen molar-refractivity contribution in [3.63, 3.8) is 0 Å². The molecule has 6 nitrogen and oxygen atoms in total. The van der Waals surface area contributed by atoms with Gasteiger partial charge >= 0.3 is 0 Å². The number of carbonyl (C=O) groups is 2. The number of benzene rings is 4. The first-order valence-corrected chi connectivity index (χ1v) is 12.2. The summed E-state index contributed by atoms with van der Waals surface area (Å²) in [4.78, 5) is 33.2. The maximum atomic E-state index is 13.7. The lowest BCUT2D eigenvalue weighted by Gasteiger charge is -2.30. The Morgan fingerprint density at radius 2 is 1.51 bits per heavy atom. The Morgan fingerprint density at radius 1 is 0.838 bits per heavy atom. The number of hydrogen-bond acceptors (Lipinski definition) is 4. The number of hydrogen-bond donors (Lipinski definition) is 2. The fourth-order valence-electron chi connectivity index (χ4n) is 4.61. The average molecular weight is 489 g/mol. The van der Waals surface area contributed by atoms with Crippen LogP contribution in [0.4, 0.5) is 5.69 Å². The molecule has 1 heterocycles. The Bertz CT molecular complexity index is 1570. The summed E-state index contributed by atoms with van der Waals surface area (Å²) in [5.41, 5.74) is 9.37. The molecule has 0 aliphatic rings. The fraction of sp³-hybridized carbons (Fsp3) is 0.129. The molecule has 5 aromatic rings. The highest BCUT2D eigenvalue weighted by atomic mass is 16.2. The lowest BCUT2D eigenvalue weighted by molar-refractivity contribution is -0.138. The lowest BCUT2D eigenvalue weighted by atomic mass is 10.0. The third-order valence-corrected chi connectivity index (χ3v) is 6.54. The average Bonchev–Trinajstić information content (AvgIpc) is 2.93. The minimum absolute atomic E-state index is 0.323. The summed E-state index contributed by atoms with van der Waals surface area (Å²) in [6.07, 6.45) is 2.03. The van der Waals surface area contributed by atoms with Gasteiger partial charge in [0.25, 0.3) is 5.91 Å². The van der Waals surface area contributed by atoms with Crippen molar-refractivity contribution in [1.29, 1.82) is 0 Å². The van der Waals surface area contributed by atoms with Gasteiger partial charge in [-0.15, -0.1) is 0 Å². The second-order valence-corrected chi connectivity index (χ2v) is 9.16. The first-order valence-electron chi connectivity index (χ1n) is 12.2. The summed E-state index contributed by atoms with van der Waals surface area (Å²) in [5.74, 6) is -0.661. The number of aromatic nitrogens is 1. The van der Waals surface area contributed by atoms with Crippen LogP contribution in [-0.4, -0.2) is 34.8 Å². The number of fused-ring (bicyclic) bond motifs is 2. The number of rotatable bonds is 7. The first-order chi connectivity index (χ1) is 18.0. The van der Waals surface area contributed by atoms with Gasteiger partial charge in [0.15, 0.2) is 0 Å². The summed E-state index contributed by atoms with van der Waals surface area (Å²) in [7, 11) is 1.62. The van der Waals surface area contributed by atoms with Crippen LogP contribution in [0.1, 0.15) is 17.2 Å². The second kappa shape index (κ2) is 10.6. The molecule has 6 heteroatoms. The number of carbonyl (C=O) groups excluding carboxylic acids is 2. The van der Waals surface area contributed by atoms with E-state index < -0.39 is 12.1 Å². The van der Waals surface area contributed by atoms with Crippen molar-refractivity contribution in [3.05, 3.63) is 120 Å². The Morgan fingerprint density at radius 3 is 2.30 bits per heavy atom. The van der Waals surface area contributed by atoms with Gasteiger partial charge in [0.05, 0.1) is 11.6 Å². The maximum absolute atomic E-state index is 13.7. The SMILES string of the molecule is CN(C(=O)[C@@H](N)Cc1ccccc1)[C@H](C(=O)Nc1ccc2ccccc2c1)c1cnc2ccccc2c1. The highest BCUT2D eigenvalue weighted by Gasteiger charge is 2.32. The molecule has 0 bridgehead atoms. The molecule has 0 saturated carbocycles. The molecule has 0 spiro atoms.